The van der Waals surface area contributed by atoms with Crippen molar-refractivity contribution in [2.75, 3.05) is 6.61 Å². The zero-order valence-corrected chi connectivity index (χ0v) is 17.7. The Bertz CT molecular complexity index is 1270. The van der Waals surface area contributed by atoms with Crippen molar-refractivity contribution in [1.82, 2.24) is 15.6 Å². The highest BCUT2D eigenvalue weighted by Gasteiger charge is 2.12. The van der Waals surface area contributed by atoms with Gasteiger partial charge in [-0.05, 0) is 37.6 Å². The molecular formula is C23H19ClN4O3. The monoisotopic (exact) mass is 434 g/mol. The summed E-state index contributed by atoms with van der Waals surface area (Å²) >= 11 is 6.26. The molecule has 0 bridgehead atoms. The minimum absolute atomic E-state index is 0.218. The second-order valence-corrected chi connectivity index (χ2v) is 7.33. The highest BCUT2D eigenvalue weighted by molar-refractivity contribution is 6.32. The van der Waals surface area contributed by atoms with Gasteiger partial charge in [-0.25, -0.2) is 10.4 Å². The van der Waals surface area contributed by atoms with Crippen LogP contribution in [0.2, 0.25) is 5.15 Å². The minimum Gasteiger partial charge on any atom is -0.483 e. The number of carbonyl (C=O) groups is 1. The third kappa shape index (κ3) is 4.73. The molecule has 2 aromatic heterocycles. The molecule has 1 amide bonds. The van der Waals surface area contributed by atoms with E-state index in [1.165, 1.54) is 6.21 Å². The van der Waals surface area contributed by atoms with Gasteiger partial charge in [-0.2, -0.15) is 5.10 Å². The topological polar surface area (TPSA) is 89.6 Å². The van der Waals surface area contributed by atoms with Crippen LogP contribution in [-0.4, -0.2) is 28.9 Å². The minimum atomic E-state index is -0.416. The van der Waals surface area contributed by atoms with Crippen molar-refractivity contribution >= 4 is 34.6 Å². The van der Waals surface area contributed by atoms with E-state index in [1.807, 2.05) is 50.2 Å². The maximum atomic E-state index is 12.2. The van der Waals surface area contributed by atoms with Crippen LogP contribution in [0, 0.1) is 13.8 Å². The highest BCUT2D eigenvalue weighted by Crippen LogP contribution is 2.30. The maximum Gasteiger partial charge on any atom is 0.277 e. The van der Waals surface area contributed by atoms with Gasteiger partial charge in [0.2, 0.25) is 0 Å². The smallest absolute Gasteiger partial charge is 0.277 e. The summed E-state index contributed by atoms with van der Waals surface area (Å²) in [5, 5.41) is 8.95. The fourth-order valence-corrected chi connectivity index (χ4v) is 3.29. The Hall–Kier alpha value is -3.71. The van der Waals surface area contributed by atoms with E-state index in [2.05, 4.69) is 20.7 Å². The quantitative estimate of drug-likeness (QED) is 0.270. The molecule has 4 aromatic rings. The van der Waals surface area contributed by atoms with Crippen LogP contribution in [0.1, 0.15) is 16.7 Å². The molecule has 7 nitrogen and oxygen atoms in total. The van der Waals surface area contributed by atoms with Crippen LogP contribution in [0.3, 0.4) is 0 Å². The first-order valence-electron chi connectivity index (χ1n) is 9.53. The van der Waals surface area contributed by atoms with Gasteiger partial charge in [0, 0.05) is 17.0 Å². The number of hydrogen-bond donors (Lipinski definition) is 1. The van der Waals surface area contributed by atoms with Crippen molar-refractivity contribution in [2.24, 2.45) is 5.10 Å². The lowest BCUT2D eigenvalue weighted by molar-refractivity contribution is -0.123. The van der Waals surface area contributed by atoms with Crippen LogP contribution in [0.15, 0.2) is 64.4 Å². The number of fused-ring (bicyclic) bond motifs is 1. The van der Waals surface area contributed by atoms with Crippen molar-refractivity contribution < 1.29 is 14.1 Å². The third-order valence-corrected chi connectivity index (χ3v) is 4.92. The lowest BCUT2D eigenvalue weighted by atomic mass is 10.1. The van der Waals surface area contributed by atoms with E-state index in [4.69, 9.17) is 20.9 Å². The van der Waals surface area contributed by atoms with Crippen molar-refractivity contribution in [3.05, 3.63) is 76.6 Å². The molecule has 0 atom stereocenters. The number of ether oxygens (including phenoxy) is 1. The summed E-state index contributed by atoms with van der Waals surface area (Å²) in [6.07, 6.45) is 3.01. The predicted molar refractivity (Wildman–Crippen MR) is 119 cm³/mol. The molecule has 2 heterocycles. The molecule has 0 aliphatic heterocycles. The molecule has 156 valence electrons. The standard InChI is InChI=1S/C23H19ClN4O3/c1-14-6-7-19(18(10-14)20-8-9-26-31-20)30-13-21(29)28-25-12-17-11-16-5-3-4-15(2)22(16)27-23(17)24/h3-12H,13H2,1-2H3,(H,28,29)/b25-12+. The molecule has 1 N–H and O–H groups in total. The van der Waals surface area contributed by atoms with Crippen molar-refractivity contribution in [3.63, 3.8) is 0 Å². The number of rotatable bonds is 6. The maximum absolute atomic E-state index is 12.2. The van der Waals surface area contributed by atoms with Crippen molar-refractivity contribution in [3.8, 4) is 17.1 Å². The normalized spacial score (nSPS) is 11.2. The average molecular weight is 435 g/mol. The van der Waals surface area contributed by atoms with Crippen LogP contribution >= 0.6 is 11.6 Å². The molecule has 0 aliphatic rings. The largest absolute Gasteiger partial charge is 0.483 e. The molecule has 8 heteroatoms. The molecule has 0 aliphatic carbocycles. The fourth-order valence-electron chi connectivity index (χ4n) is 3.10. The van der Waals surface area contributed by atoms with Gasteiger partial charge >= 0.3 is 0 Å². The Morgan fingerprint density at radius 2 is 2.10 bits per heavy atom. The first-order chi connectivity index (χ1) is 15.0. The number of halogens is 1. The lowest BCUT2D eigenvalue weighted by Crippen LogP contribution is -2.24. The number of pyridine rings is 1. The second-order valence-electron chi connectivity index (χ2n) is 6.97. The van der Waals surface area contributed by atoms with Crippen LogP contribution in [0.25, 0.3) is 22.2 Å². The SMILES string of the molecule is Cc1ccc(OCC(=O)N/N=C/c2cc3cccc(C)c3nc2Cl)c(-c2ccno2)c1. The molecule has 0 saturated heterocycles. The van der Waals surface area contributed by atoms with Gasteiger partial charge in [-0.1, -0.05) is 46.6 Å². The molecular weight excluding hydrogens is 416 g/mol. The Kier molecular flexibility index (Phi) is 5.95. The molecule has 0 radical (unpaired) electrons. The average Bonchev–Trinajstić information content (AvgIpc) is 3.29. The van der Waals surface area contributed by atoms with E-state index in [0.717, 1.165) is 27.6 Å². The van der Waals surface area contributed by atoms with E-state index in [0.29, 0.717) is 22.2 Å². The number of carbonyl (C=O) groups excluding carboxylic acids is 1. The second kappa shape index (κ2) is 8.97. The predicted octanol–water partition coefficient (Wildman–Crippen LogP) is 4.69. The number of aromatic nitrogens is 2. The highest BCUT2D eigenvalue weighted by atomic mass is 35.5. The summed E-state index contributed by atoms with van der Waals surface area (Å²) in [5.41, 5.74) is 6.66. The number of amides is 1. The molecule has 31 heavy (non-hydrogen) atoms. The first-order valence-corrected chi connectivity index (χ1v) is 9.91. The Balaban J connectivity index is 1.41. The van der Waals surface area contributed by atoms with Crippen LogP contribution in [-0.2, 0) is 4.79 Å². The zero-order valence-electron chi connectivity index (χ0n) is 16.9. The van der Waals surface area contributed by atoms with Gasteiger partial charge in [-0.3, -0.25) is 4.79 Å². The number of hydrazone groups is 1. The summed E-state index contributed by atoms with van der Waals surface area (Å²) in [7, 11) is 0. The van der Waals surface area contributed by atoms with E-state index in [1.54, 1.807) is 18.3 Å². The van der Waals surface area contributed by atoms with Gasteiger partial charge in [-0.15, -0.1) is 0 Å². The Morgan fingerprint density at radius 1 is 1.23 bits per heavy atom. The van der Waals surface area contributed by atoms with Crippen molar-refractivity contribution in [1.29, 1.82) is 0 Å². The molecule has 0 unspecified atom stereocenters. The Labute approximate surface area is 183 Å². The summed E-state index contributed by atoms with van der Waals surface area (Å²) < 4.78 is 10.9. The van der Waals surface area contributed by atoms with E-state index >= 15 is 0 Å². The van der Waals surface area contributed by atoms with Crippen molar-refractivity contribution in [2.45, 2.75) is 13.8 Å². The zero-order chi connectivity index (χ0) is 21.8. The molecule has 0 spiro atoms. The summed E-state index contributed by atoms with van der Waals surface area (Å²) in [5.74, 6) is 0.658. The van der Waals surface area contributed by atoms with Crippen LogP contribution in [0.5, 0.6) is 5.75 Å². The number of aryl methyl sites for hydroxylation is 2. The molecule has 4 rings (SSSR count). The third-order valence-electron chi connectivity index (χ3n) is 4.62. The molecule has 2 aromatic carbocycles. The number of nitrogens with zero attached hydrogens (tertiary/aromatic N) is 3. The molecule has 0 fully saturated rings. The number of para-hydroxylation sites is 1. The lowest BCUT2D eigenvalue weighted by Gasteiger charge is -2.10. The van der Waals surface area contributed by atoms with Gasteiger partial charge in [0.15, 0.2) is 12.4 Å². The van der Waals surface area contributed by atoms with Crippen LogP contribution in [0.4, 0.5) is 0 Å². The summed E-state index contributed by atoms with van der Waals surface area (Å²) in [6.45, 7) is 3.71. The number of benzene rings is 2. The van der Waals surface area contributed by atoms with Gasteiger partial charge in [0.1, 0.15) is 10.9 Å². The van der Waals surface area contributed by atoms with E-state index in [9.17, 15) is 4.79 Å². The molecule has 0 saturated carbocycles. The van der Waals surface area contributed by atoms with E-state index < -0.39 is 5.91 Å². The van der Waals surface area contributed by atoms with E-state index in [-0.39, 0.29) is 6.61 Å². The number of nitrogens with one attached hydrogen (secondary N) is 1. The summed E-state index contributed by atoms with van der Waals surface area (Å²) in [4.78, 5) is 16.6. The summed E-state index contributed by atoms with van der Waals surface area (Å²) in [6, 6.07) is 15.1. The van der Waals surface area contributed by atoms with Gasteiger partial charge in [0.25, 0.3) is 5.91 Å². The van der Waals surface area contributed by atoms with Crippen LogP contribution < -0.4 is 10.2 Å². The van der Waals surface area contributed by atoms with Gasteiger partial charge < -0.3 is 9.26 Å². The fraction of sp³-hybridized carbons (Fsp3) is 0.130. The number of hydrogen-bond acceptors (Lipinski definition) is 6. The van der Waals surface area contributed by atoms with Gasteiger partial charge in [0.05, 0.1) is 23.5 Å². The first kappa shape index (κ1) is 20.6. The Morgan fingerprint density at radius 3 is 2.90 bits per heavy atom.